The van der Waals surface area contributed by atoms with E-state index in [4.69, 9.17) is 4.74 Å². The van der Waals surface area contributed by atoms with E-state index in [0.29, 0.717) is 28.9 Å². The minimum absolute atomic E-state index is 0.0585. The molecule has 3 N–H and O–H groups in total. The van der Waals surface area contributed by atoms with Gasteiger partial charge in [0.25, 0.3) is 5.91 Å². The van der Waals surface area contributed by atoms with Crippen molar-refractivity contribution in [2.24, 2.45) is 0 Å². The molecule has 4 aromatic rings. The largest absolute Gasteiger partial charge is 0.484 e. The maximum atomic E-state index is 12.1. The summed E-state index contributed by atoms with van der Waals surface area (Å²) in [5, 5.41) is 9.14. The molecule has 0 spiro atoms. The molecule has 31 heavy (non-hydrogen) atoms. The van der Waals surface area contributed by atoms with Crippen LogP contribution in [-0.4, -0.2) is 27.5 Å². The summed E-state index contributed by atoms with van der Waals surface area (Å²) < 4.78 is 5.45. The summed E-state index contributed by atoms with van der Waals surface area (Å²) in [6, 6.07) is 23.9. The number of para-hydroxylation sites is 1. The molecule has 8 nitrogen and oxygen atoms in total. The zero-order valence-corrected chi connectivity index (χ0v) is 16.5. The van der Waals surface area contributed by atoms with Gasteiger partial charge in [0.1, 0.15) is 29.5 Å². The van der Waals surface area contributed by atoms with Crippen LogP contribution in [-0.2, 0) is 4.79 Å². The predicted octanol–water partition coefficient (Wildman–Crippen LogP) is 4.38. The first-order valence-electron chi connectivity index (χ1n) is 9.59. The molecule has 0 saturated heterocycles. The van der Waals surface area contributed by atoms with Crippen LogP contribution in [0.25, 0.3) is 0 Å². The first-order chi connectivity index (χ1) is 15.2. The van der Waals surface area contributed by atoms with Crippen molar-refractivity contribution in [1.82, 2.24) is 15.0 Å². The zero-order chi connectivity index (χ0) is 21.3. The van der Waals surface area contributed by atoms with Gasteiger partial charge in [-0.3, -0.25) is 4.79 Å². The van der Waals surface area contributed by atoms with E-state index in [1.165, 1.54) is 6.33 Å². The quantitative estimate of drug-likeness (QED) is 0.395. The molecule has 1 amide bonds. The molecule has 0 aliphatic rings. The van der Waals surface area contributed by atoms with Gasteiger partial charge in [0.2, 0.25) is 0 Å². The molecule has 0 aliphatic heterocycles. The number of carbonyl (C=O) groups is 1. The molecule has 0 bridgehead atoms. The van der Waals surface area contributed by atoms with E-state index in [-0.39, 0.29) is 12.5 Å². The third kappa shape index (κ3) is 6.01. The monoisotopic (exact) mass is 412 g/mol. The smallest absolute Gasteiger partial charge is 0.262 e. The van der Waals surface area contributed by atoms with E-state index in [1.54, 1.807) is 36.5 Å². The molecule has 2 aromatic carbocycles. The molecule has 0 unspecified atom stereocenters. The standard InChI is InChI=1S/C23H20N6O2/c30-23(15-31-19-6-2-1-3-7-19)28-18-11-9-17(10-12-18)27-21-14-22(26-16-25-21)29-20-8-4-5-13-24-20/h1-14,16H,15H2,(H,28,30)(H2,24,25,26,27,29). The van der Waals surface area contributed by atoms with Crippen molar-refractivity contribution in [3.63, 3.8) is 0 Å². The maximum Gasteiger partial charge on any atom is 0.262 e. The fourth-order valence-corrected chi connectivity index (χ4v) is 2.71. The van der Waals surface area contributed by atoms with Crippen molar-refractivity contribution < 1.29 is 9.53 Å². The first-order valence-corrected chi connectivity index (χ1v) is 9.59. The molecule has 0 saturated carbocycles. The van der Waals surface area contributed by atoms with Crippen molar-refractivity contribution in [1.29, 1.82) is 0 Å². The lowest BCUT2D eigenvalue weighted by atomic mass is 10.2. The minimum atomic E-state index is -0.231. The van der Waals surface area contributed by atoms with E-state index < -0.39 is 0 Å². The van der Waals surface area contributed by atoms with Gasteiger partial charge in [0, 0.05) is 23.6 Å². The molecule has 2 heterocycles. The molecule has 0 radical (unpaired) electrons. The molecule has 4 rings (SSSR count). The van der Waals surface area contributed by atoms with Crippen LogP contribution in [0.1, 0.15) is 0 Å². The second-order valence-electron chi connectivity index (χ2n) is 6.48. The van der Waals surface area contributed by atoms with Gasteiger partial charge < -0.3 is 20.7 Å². The van der Waals surface area contributed by atoms with Crippen LogP contribution in [0, 0.1) is 0 Å². The van der Waals surface area contributed by atoms with Crippen LogP contribution in [0.3, 0.4) is 0 Å². The van der Waals surface area contributed by atoms with Gasteiger partial charge in [-0.15, -0.1) is 0 Å². The number of amides is 1. The third-order valence-electron chi connectivity index (χ3n) is 4.14. The maximum absolute atomic E-state index is 12.1. The summed E-state index contributed by atoms with van der Waals surface area (Å²) in [6.45, 7) is -0.0585. The summed E-state index contributed by atoms with van der Waals surface area (Å²) in [5.74, 6) is 2.37. The lowest BCUT2D eigenvalue weighted by Gasteiger charge is -2.10. The molecule has 8 heteroatoms. The normalized spacial score (nSPS) is 10.2. The highest BCUT2D eigenvalue weighted by Crippen LogP contribution is 2.20. The average Bonchev–Trinajstić information content (AvgIpc) is 2.81. The van der Waals surface area contributed by atoms with E-state index in [0.717, 1.165) is 5.69 Å². The molecule has 154 valence electrons. The van der Waals surface area contributed by atoms with E-state index in [2.05, 4.69) is 30.9 Å². The Hall–Kier alpha value is -4.46. The van der Waals surface area contributed by atoms with Gasteiger partial charge in [0.05, 0.1) is 0 Å². The second kappa shape index (κ2) is 9.84. The van der Waals surface area contributed by atoms with Gasteiger partial charge in [0.15, 0.2) is 6.61 Å². The fourth-order valence-electron chi connectivity index (χ4n) is 2.71. The molecule has 0 atom stereocenters. The predicted molar refractivity (Wildman–Crippen MR) is 120 cm³/mol. The Morgan fingerprint density at radius 1 is 0.742 bits per heavy atom. The number of nitrogens with one attached hydrogen (secondary N) is 3. The van der Waals surface area contributed by atoms with E-state index in [9.17, 15) is 4.79 Å². The third-order valence-corrected chi connectivity index (χ3v) is 4.14. The Labute approximate surface area is 179 Å². The van der Waals surface area contributed by atoms with Crippen LogP contribution in [0.2, 0.25) is 0 Å². The zero-order valence-electron chi connectivity index (χ0n) is 16.5. The fraction of sp³-hybridized carbons (Fsp3) is 0.0435. The number of hydrogen-bond acceptors (Lipinski definition) is 7. The SMILES string of the molecule is O=C(COc1ccccc1)Nc1ccc(Nc2cc(Nc3ccccn3)ncn2)cc1. The van der Waals surface area contributed by atoms with Crippen molar-refractivity contribution >= 4 is 34.7 Å². The van der Waals surface area contributed by atoms with Crippen LogP contribution < -0.4 is 20.7 Å². The van der Waals surface area contributed by atoms with Gasteiger partial charge >= 0.3 is 0 Å². The number of ether oxygens (including phenoxy) is 1. The van der Waals surface area contributed by atoms with Crippen molar-refractivity contribution in [3.05, 3.63) is 91.4 Å². The number of anilines is 5. The van der Waals surface area contributed by atoms with Gasteiger partial charge in [-0.1, -0.05) is 24.3 Å². The summed E-state index contributed by atoms with van der Waals surface area (Å²) in [7, 11) is 0. The Kier molecular flexibility index (Phi) is 6.30. The number of benzene rings is 2. The van der Waals surface area contributed by atoms with Crippen LogP contribution >= 0.6 is 0 Å². The topological polar surface area (TPSA) is 101 Å². The van der Waals surface area contributed by atoms with Crippen molar-refractivity contribution in [2.45, 2.75) is 0 Å². The first kappa shape index (κ1) is 19.8. The molecule has 0 aliphatic carbocycles. The highest BCUT2D eigenvalue weighted by molar-refractivity contribution is 5.92. The van der Waals surface area contributed by atoms with Crippen LogP contribution in [0.4, 0.5) is 28.8 Å². The lowest BCUT2D eigenvalue weighted by molar-refractivity contribution is -0.118. The van der Waals surface area contributed by atoms with E-state index in [1.807, 2.05) is 48.5 Å². The Balaban J connectivity index is 1.31. The molecule has 2 aromatic heterocycles. The van der Waals surface area contributed by atoms with Crippen molar-refractivity contribution in [2.75, 3.05) is 22.6 Å². The summed E-state index contributed by atoms with van der Waals surface area (Å²) in [6.07, 6.45) is 3.17. The number of rotatable bonds is 8. The second-order valence-corrected chi connectivity index (χ2v) is 6.48. The average molecular weight is 412 g/mol. The summed E-state index contributed by atoms with van der Waals surface area (Å²) in [5.41, 5.74) is 1.49. The minimum Gasteiger partial charge on any atom is -0.484 e. The Morgan fingerprint density at radius 3 is 2.19 bits per heavy atom. The summed E-state index contributed by atoms with van der Waals surface area (Å²) >= 11 is 0. The molecule has 0 fully saturated rings. The van der Waals surface area contributed by atoms with Gasteiger partial charge in [-0.2, -0.15) is 0 Å². The van der Waals surface area contributed by atoms with Gasteiger partial charge in [-0.25, -0.2) is 15.0 Å². The van der Waals surface area contributed by atoms with Crippen LogP contribution in [0.15, 0.2) is 91.4 Å². The number of nitrogens with zero attached hydrogens (tertiary/aromatic N) is 3. The number of aromatic nitrogens is 3. The van der Waals surface area contributed by atoms with Crippen molar-refractivity contribution in [3.8, 4) is 5.75 Å². The highest BCUT2D eigenvalue weighted by atomic mass is 16.5. The molecular weight excluding hydrogens is 392 g/mol. The Morgan fingerprint density at radius 2 is 1.45 bits per heavy atom. The van der Waals surface area contributed by atoms with Crippen LogP contribution in [0.5, 0.6) is 5.75 Å². The number of pyridine rings is 1. The summed E-state index contributed by atoms with van der Waals surface area (Å²) in [4.78, 5) is 24.7. The Bertz CT molecular complexity index is 1120. The lowest BCUT2D eigenvalue weighted by Crippen LogP contribution is -2.20. The number of carbonyl (C=O) groups excluding carboxylic acids is 1. The van der Waals surface area contributed by atoms with Gasteiger partial charge in [-0.05, 0) is 48.5 Å². The highest BCUT2D eigenvalue weighted by Gasteiger charge is 2.05. The molecular formula is C23H20N6O2. The number of hydrogen-bond donors (Lipinski definition) is 3. The van der Waals surface area contributed by atoms with E-state index >= 15 is 0 Å².